The number of pyridine rings is 1. The van der Waals surface area contributed by atoms with Gasteiger partial charge >= 0.3 is 5.97 Å². The summed E-state index contributed by atoms with van der Waals surface area (Å²) >= 11 is 0. The van der Waals surface area contributed by atoms with Gasteiger partial charge in [0.25, 0.3) is 5.56 Å². The summed E-state index contributed by atoms with van der Waals surface area (Å²) in [6, 6.07) is 8.54. The molecule has 0 amide bonds. The van der Waals surface area contributed by atoms with E-state index in [0.29, 0.717) is 17.1 Å². The van der Waals surface area contributed by atoms with Gasteiger partial charge in [0.1, 0.15) is 23.8 Å². The van der Waals surface area contributed by atoms with Crippen molar-refractivity contribution in [2.24, 2.45) is 0 Å². The molecular weight excluding hydrogens is 308 g/mol. The molecule has 3 heterocycles. The van der Waals surface area contributed by atoms with Crippen LogP contribution in [-0.4, -0.2) is 15.4 Å². The second-order valence-electron chi connectivity index (χ2n) is 5.41. The molecule has 6 nitrogen and oxygen atoms in total. The lowest BCUT2D eigenvalue weighted by Gasteiger charge is -2.05. The van der Waals surface area contributed by atoms with Crippen LogP contribution in [0.25, 0.3) is 11.7 Å². The molecule has 0 bridgehead atoms. The zero-order chi connectivity index (χ0) is 17.1. The van der Waals surface area contributed by atoms with Crippen LogP contribution < -0.4 is 5.56 Å². The van der Waals surface area contributed by atoms with Gasteiger partial charge in [-0.1, -0.05) is 6.07 Å². The smallest absolute Gasteiger partial charge is 0.331 e. The van der Waals surface area contributed by atoms with Crippen LogP contribution in [0.1, 0.15) is 22.8 Å². The average Bonchev–Trinajstić information content (AvgIpc) is 2.97. The third-order valence-corrected chi connectivity index (χ3v) is 3.37. The quantitative estimate of drug-likeness (QED) is 0.545. The number of furan rings is 1. The van der Waals surface area contributed by atoms with Crippen molar-refractivity contribution >= 4 is 17.7 Å². The Kier molecular flexibility index (Phi) is 4.29. The molecule has 0 aliphatic heterocycles. The number of aromatic nitrogens is 2. The molecule has 3 rings (SSSR count). The summed E-state index contributed by atoms with van der Waals surface area (Å²) in [6.45, 7) is 3.65. The average molecular weight is 324 g/mol. The monoisotopic (exact) mass is 324 g/mol. The summed E-state index contributed by atoms with van der Waals surface area (Å²) in [7, 11) is 0. The minimum absolute atomic E-state index is 0.0695. The van der Waals surface area contributed by atoms with Gasteiger partial charge in [-0.3, -0.25) is 9.20 Å². The van der Waals surface area contributed by atoms with Crippen LogP contribution in [0.3, 0.4) is 0 Å². The maximum atomic E-state index is 12.1. The van der Waals surface area contributed by atoms with Crippen LogP contribution in [0.2, 0.25) is 0 Å². The molecule has 6 heteroatoms. The van der Waals surface area contributed by atoms with Crippen LogP contribution in [0, 0.1) is 13.8 Å². The first-order chi connectivity index (χ1) is 11.5. The Morgan fingerprint density at radius 1 is 1.29 bits per heavy atom. The molecule has 122 valence electrons. The number of rotatable bonds is 4. The van der Waals surface area contributed by atoms with E-state index >= 15 is 0 Å². The standard InChI is InChI=1S/C18H16N2O4/c1-12-3-7-16-19-14(9-17(21)20(16)10-12)11-23-18(22)8-6-15-5-4-13(2)24-15/h3-10H,11H2,1-2H3/b8-6+. The van der Waals surface area contributed by atoms with Crippen molar-refractivity contribution in [3.8, 4) is 0 Å². The van der Waals surface area contributed by atoms with Gasteiger partial charge in [-0.05, 0) is 43.7 Å². The first-order valence-electron chi connectivity index (χ1n) is 7.41. The number of ether oxygens (including phenoxy) is 1. The Morgan fingerprint density at radius 2 is 2.12 bits per heavy atom. The number of fused-ring (bicyclic) bond motifs is 1. The van der Waals surface area contributed by atoms with Gasteiger partial charge in [0.15, 0.2) is 0 Å². The second kappa shape index (κ2) is 6.54. The van der Waals surface area contributed by atoms with Gasteiger partial charge < -0.3 is 9.15 Å². The van der Waals surface area contributed by atoms with Crippen LogP contribution >= 0.6 is 0 Å². The molecule has 0 saturated heterocycles. The summed E-state index contributed by atoms with van der Waals surface area (Å²) in [4.78, 5) is 28.1. The van der Waals surface area contributed by atoms with Gasteiger partial charge in [0, 0.05) is 18.3 Å². The van der Waals surface area contributed by atoms with Gasteiger partial charge in [0.05, 0.1) is 5.69 Å². The Morgan fingerprint density at radius 3 is 2.88 bits per heavy atom. The van der Waals surface area contributed by atoms with E-state index in [-0.39, 0.29) is 12.2 Å². The highest BCUT2D eigenvalue weighted by Gasteiger charge is 2.05. The third-order valence-electron chi connectivity index (χ3n) is 3.37. The van der Waals surface area contributed by atoms with Crippen molar-refractivity contribution in [3.05, 3.63) is 75.7 Å². The fraction of sp³-hybridized carbons (Fsp3) is 0.167. The molecule has 0 radical (unpaired) electrons. The van der Waals surface area contributed by atoms with Crippen molar-refractivity contribution in [2.75, 3.05) is 0 Å². The van der Waals surface area contributed by atoms with E-state index < -0.39 is 5.97 Å². The van der Waals surface area contributed by atoms with Gasteiger partial charge in [-0.2, -0.15) is 0 Å². The minimum Gasteiger partial charge on any atom is -0.462 e. The van der Waals surface area contributed by atoms with E-state index in [4.69, 9.17) is 9.15 Å². The lowest BCUT2D eigenvalue weighted by Crippen LogP contribution is -2.16. The summed E-state index contributed by atoms with van der Waals surface area (Å²) in [6.07, 6.45) is 4.52. The van der Waals surface area contributed by atoms with Gasteiger partial charge in [0.2, 0.25) is 0 Å². The highest BCUT2D eigenvalue weighted by molar-refractivity contribution is 5.86. The second-order valence-corrected chi connectivity index (χ2v) is 5.41. The van der Waals surface area contributed by atoms with Crippen molar-refractivity contribution in [3.63, 3.8) is 0 Å². The summed E-state index contributed by atoms with van der Waals surface area (Å²) in [5.41, 5.74) is 1.67. The highest BCUT2D eigenvalue weighted by Crippen LogP contribution is 2.08. The maximum absolute atomic E-state index is 12.1. The summed E-state index contributed by atoms with van der Waals surface area (Å²) < 4.78 is 11.9. The lowest BCUT2D eigenvalue weighted by atomic mass is 10.3. The molecule has 0 aliphatic rings. The fourth-order valence-corrected chi connectivity index (χ4v) is 2.22. The highest BCUT2D eigenvalue weighted by atomic mass is 16.5. The van der Waals surface area contributed by atoms with Crippen LogP contribution in [0.4, 0.5) is 0 Å². The Labute approximate surface area is 138 Å². The number of hydrogen-bond donors (Lipinski definition) is 0. The number of aryl methyl sites for hydroxylation is 2. The SMILES string of the molecule is Cc1ccc2nc(COC(=O)/C=C/c3ccc(C)o3)cc(=O)n2c1. The van der Waals surface area contributed by atoms with Crippen molar-refractivity contribution in [2.45, 2.75) is 20.5 Å². The van der Waals surface area contributed by atoms with Gasteiger partial charge in [-0.15, -0.1) is 0 Å². The number of hydrogen-bond acceptors (Lipinski definition) is 5. The zero-order valence-electron chi connectivity index (χ0n) is 13.4. The predicted octanol–water partition coefficient (Wildman–Crippen LogP) is 2.66. The number of esters is 1. The third kappa shape index (κ3) is 3.60. The molecule has 3 aromatic heterocycles. The van der Waals surface area contributed by atoms with Crippen LogP contribution in [0.15, 0.2) is 51.8 Å². The maximum Gasteiger partial charge on any atom is 0.331 e. The lowest BCUT2D eigenvalue weighted by molar-refractivity contribution is -0.139. The molecule has 0 aliphatic carbocycles. The van der Waals surface area contributed by atoms with E-state index in [0.717, 1.165) is 11.3 Å². The molecule has 0 atom stereocenters. The van der Waals surface area contributed by atoms with Crippen molar-refractivity contribution in [1.29, 1.82) is 0 Å². The normalized spacial score (nSPS) is 11.2. The Bertz CT molecular complexity index is 982. The molecule has 0 N–H and O–H groups in total. The van der Waals surface area contributed by atoms with Crippen LogP contribution in [0.5, 0.6) is 0 Å². The minimum atomic E-state index is -0.532. The Balaban J connectivity index is 1.69. The topological polar surface area (TPSA) is 73.8 Å². The molecule has 0 saturated carbocycles. The molecular formula is C18H16N2O4. The fourth-order valence-electron chi connectivity index (χ4n) is 2.22. The van der Waals surface area contributed by atoms with E-state index in [9.17, 15) is 9.59 Å². The predicted molar refractivity (Wildman–Crippen MR) is 88.5 cm³/mol. The summed E-state index contributed by atoms with van der Waals surface area (Å²) in [5.74, 6) is 0.802. The molecule has 0 aromatic carbocycles. The molecule has 0 unspecified atom stereocenters. The molecule has 0 fully saturated rings. The van der Waals surface area contributed by atoms with Crippen molar-refractivity contribution < 1.29 is 13.9 Å². The van der Waals surface area contributed by atoms with Crippen molar-refractivity contribution in [1.82, 2.24) is 9.38 Å². The van der Waals surface area contributed by atoms with Gasteiger partial charge in [-0.25, -0.2) is 9.78 Å². The molecule has 0 spiro atoms. The first kappa shape index (κ1) is 15.7. The Hall–Kier alpha value is -3.15. The largest absolute Gasteiger partial charge is 0.462 e. The van der Waals surface area contributed by atoms with E-state index in [1.54, 1.807) is 24.4 Å². The van der Waals surface area contributed by atoms with E-state index in [1.165, 1.54) is 22.6 Å². The zero-order valence-corrected chi connectivity index (χ0v) is 13.4. The number of carbonyl (C=O) groups is 1. The number of nitrogens with zero attached hydrogens (tertiary/aromatic N) is 2. The van der Waals surface area contributed by atoms with E-state index in [1.807, 2.05) is 19.9 Å². The summed E-state index contributed by atoms with van der Waals surface area (Å²) in [5, 5.41) is 0. The first-order valence-corrected chi connectivity index (χ1v) is 7.41. The molecule has 24 heavy (non-hydrogen) atoms. The van der Waals surface area contributed by atoms with Crippen LogP contribution in [-0.2, 0) is 16.1 Å². The van der Waals surface area contributed by atoms with E-state index in [2.05, 4.69) is 4.98 Å². The molecule has 3 aromatic rings. The number of carbonyl (C=O) groups excluding carboxylic acids is 1.